The van der Waals surface area contributed by atoms with Crippen molar-refractivity contribution < 1.29 is 4.79 Å². The average molecular weight is 279 g/mol. The Morgan fingerprint density at radius 2 is 1.86 bits per heavy atom. The number of carbonyl (C=O) groups is 1. The molecule has 3 aromatic rings. The van der Waals surface area contributed by atoms with E-state index in [1.54, 1.807) is 0 Å². The molecule has 4 nitrogen and oxygen atoms in total. The van der Waals surface area contributed by atoms with Gasteiger partial charge in [-0.2, -0.15) is 0 Å². The summed E-state index contributed by atoms with van der Waals surface area (Å²) in [5.74, 6) is 0.784. The van der Waals surface area contributed by atoms with Crippen LogP contribution in [0.5, 0.6) is 0 Å². The van der Waals surface area contributed by atoms with E-state index in [-0.39, 0.29) is 12.3 Å². The lowest BCUT2D eigenvalue weighted by Crippen LogP contribution is -2.12. The lowest BCUT2D eigenvalue weighted by atomic mass is 10.1. The van der Waals surface area contributed by atoms with Crippen LogP contribution in [-0.2, 0) is 6.54 Å². The van der Waals surface area contributed by atoms with E-state index in [4.69, 9.17) is 0 Å². The Labute approximate surface area is 123 Å². The fourth-order valence-electron chi connectivity index (χ4n) is 2.40. The number of ketones is 1. The molecule has 0 atom stereocenters. The van der Waals surface area contributed by atoms with Crippen LogP contribution >= 0.6 is 0 Å². The number of benzene rings is 2. The van der Waals surface area contributed by atoms with Crippen molar-refractivity contribution >= 4 is 22.8 Å². The molecule has 1 heterocycles. The van der Waals surface area contributed by atoms with Gasteiger partial charge in [-0.1, -0.05) is 42.0 Å². The van der Waals surface area contributed by atoms with Crippen LogP contribution in [0.2, 0.25) is 0 Å². The molecule has 0 aliphatic rings. The molecule has 0 unspecified atom stereocenters. The van der Waals surface area contributed by atoms with Gasteiger partial charge in [0.25, 0.3) is 0 Å². The molecule has 0 aliphatic carbocycles. The molecule has 0 fully saturated rings. The number of hydrogen-bond donors (Lipinski definition) is 1. The van der Waals surface area contributed by atoms with Crippen molar-refractivity contribution in [1.82, 2.24) is 9.55 Å². The van der Waals surface area contributed by atoms with E-state index in [0.29, 0.717) is 5.95 Å². The Bertz CT molecular complexity index is 787. The maximum Gasteiger partial charge on any atom is 0.204 e. The van der Waals surface area contributed by atoms with Gasteiger partial charge in [-0.05, 0) is 19.1 Å². The van der Waals surface area contributed by atoms with Crippen LogP contribution in [0, 0.1) is 6.92 Å². The summed E-state index contributed by atoms with van der Waals surface area (Å²) in [7, 11) is 1.81. The van der Waals surface area contributed by atoms with Crippen LogP contribution in [0.3, 0.4) is 0 Å². The summed E-state index contributed by atoms with van der Waals surface area (Å²) in [5.41, 5.74) is 3.72. The molecule has 1 aromatic heterocycles. The fourth-order valence-corrected chi connectivity index (χ4v) is 2.40. The Morgan fingerprint density at radius 1 is 1.14 bits per heavy atom. The molecular formula is C17H17N3O. The normalized spacial score (nSPS) is 10.8. The van der Waals surface area contributed by atoms with E-state index in [2.05, 4.69) is 10.3 Å². The first kappa shape index (κ1) is 13.4. The van der Waals surface area contributed by atoms with Crippen LogP contribution in [0.15, 0.2) is 48.5 Å². The Hall–Kier alpha value is -2.62. The molecule has 1 N–H and O–H groups in total. The molecular weight excluding hydrogens is 262 g/mol. The highest BCUT2D eigenvalue weighted by atomic mass is 16.1. The van der Waals surface area contributed by atoms with E-state index < -0.39 is 0 Å². The number of nitrogens with one attached hydrogen (secondary N) is 1. The van der Waals surface area contributed by atoms with Crippen molar-refractivity contribution in [1.29, 1.82) is 0 Å². The number of carbonyl (C=O) groups excluding carboxylic acids is 1. The molecule has 2 aromatic carbocycles. The first-order chi connectivity index (χ1) is 10.2. The van der Waals surface area contributed by atoms with Crippen LogP contribution in [-0.4, -0.2) is 22.4 Å². The monoisotopic (exact) mass is 279 g/mol. The van der Waals surface area contributed by atoms with Gasteiger partial charge in [0.2, 0.25) is 5.95 Å². The molecule has 0 bridgehead atoms. The number of Topliss-reactive ketones (excluding diaryl/α,β-unsaturated/α-hetero) is 1. The van der Waals surface area contributed by atoms with Gasteiger partial charge in [0.15, 0.2) is 5.78 Å². The predicted molar refractivity (Wildman–Crippen MR) is 84.8 cm³/mol. The van der Waals surface area contributed by atoms with Gasteiger partial charge in [-0.15, -0.1) is 0 Å². The molecule has 0 aliphatic heterocycles. The molecule has 0 saturated heterocycles. The Morgan fingerprint density at radius 3 is 2.57 bits per heavy atom. The smallest absolute Gasteiger partial charge is 0.204 e. The predicted octanol–water partition coefficient (Wildman–Crippen LogP) is 3.27. The van der Waals surface area contributed by atoms with Crippen LogP contribution in [0.1, 0.15) is 15.9 Å². The maximum atomic E-state index is 12.5. The van der Waals surface area contributed by atoms with Crippen molar-refractivity contribution in [3.8, 4) is 0 Å². The number of hydrogen-bond acceptors (Lipinski definition) is 3. The summed E-state index contributed by atoms with van der Waals surface area (Å²) < 4.78 is 1.91. The van der Waals surface area contributed by atoms with Gasteiger partial charge in [0.05, 0.1) is 17.6 Å². The second-order valence-electron chi connectivity index (χ2n) is 5.05. The number of rotatable bonds is 4. The third-order valence-corrected chi connectivity index (χ3v) is 3.55. The number of aromatic nitrogens is 2. The lowest BCUT2D eigenvalue weighted by molar-refractivity contribution is 0.0974. The second-order valence-corrected chi connectivity index (χ2v) is 5.05. The van der Waals surface area contributed by atoms with Crippen LogP contribution < -0.4 is 5.32 Å². The van der Waals surface area contributed by atoms with Crippen LogP contribution in [0.25, 0.3) is 11.0 Å². The summed E-state index contributed by atoms with van der Waals surface area (Å²) in [6.07, 6.45) is 0. The molecule has 0 saturated carbocycles. The third-order valence-electron chi connectivity index (χ3n) is 3.55. The number of para-hydroxylation sites is 2. The molecule has 106 valence electrons. The molecule has 3 rings (SSSR count). The number of nitrogens with zero attached hydrogens (tertiary/aromatic N) is 2. The minimum atomic E-state index is 0.0784. The number of anilines is 1. The summed E-state index contributed by atoms with van der Waals surface area (Å²) in [5, 5.41) is 3.05. The largest absolute Gasteiger partial charge is 0.359 e. The van der Waals surface area contributed by atoms with Gasteiger partial charge in [-0.25, -0.2) is 4.98 Å². The van der Waals surface area contributed by atoms with Gasteiger partial charge >= 0.3 is 0 Å². The standard InChI is InChI=1S/C17H17N3O/c1-12-7-9-13(10-8-12)16(21)11-20-15-6-4-3-5-14(15)19-17(20)18-2/h3-10H,11H2,1-2H3,(H,18,19). The zero-order valence-electron chi connectivity index (χ0n) is 12.1. The minimum Gasteiger partial charge on any atom is -0.359 e. The van der Waals surface area contributed by atoms with Gasteiger partial charge in [0, 0.05) is 12.6 Å². The molecule has 0 amide bonds. The zero-order valence-corrected chi connectivity index (χ0v) is 12.1. The highest BCUT2D eigenvalue weighted by molar-refractivity contribution is 5.97. The average Bonchev–Trinajstić information content (AvgIpc) is 2.86. The summed E-state index contributed by atoms with van der Waals surface area (Å²) in [6, 6.07) is 15.5. The van der Waals surface area contributed by atoms with Crippen LogP contribution in [0.4, 0.5) is 5.95 Å². The third kappa shape index (κ3) is 2.52. The first-order valence-electron chi connectivity index (χ1n) is 6.92. The lowest BCUT2D eigenvalue weighted by Gasteiger charge is -2.08. The maximum absolute atomic E-state index is 12.5. The minimum absolute atomic E-state index is 0.0784. The summed E-state index contributed by atoms with van der Waals surface area (Å²) in [6.45, 7) is 2.29. The quantitative estimate of drug-likeness (QED) is 0.746. The topological polar surface area (TPSA) is 46.9 Å². The van der Waals surface area contributed by atoms with Gasteiger partial charge < -0.3 is 9.88 Å². The Kier molecular flexibility index (Phi) is 3.44. The van der Waals surface area contributed by atoms with Gasteiger partial charge in [0.1, 0.15) is 0 Å². The van der Waals surface area contributed by atoms with E-state index in [1.165, 1.54) is 0 Å². The highest BCUT2D eigenvalue weighted by Gasteiger charge is 2.13. The van der Waals surface area contributed by atoms with E-state index in [0.717, 1.165) is 22.2 Å². The number of fused-ring (bicyclic) bond motifs is 1. The van der Waals surface area contributed by atoms with Crippen molar-refractivity contribution in [2.24, 2.45) is 0 Å². The molecule has 21 heavy (non-hydrogen) atoms. The van der Waals surface area contributed by atoms with Crippen molar-refractivity contribution in [3.05, 3.63) is 59.7 Å². The summed E-state index contributed by atoms with van der Waals surface area (Å²) >= 11 is 0. The first-order valence-corrected chi connectivity index (χ1v) is 6.92. The van der Waals surface area contributed by atoms with E-state index in [9.17, 15) is 4.79 Å². The zero-order chi connectivity index (χ0) is 14.8. The van der Waals surface area contributed by atoms with Crippen molar-refractivity contribution in [2.45, 2.75) is 13.5 Å². The molecule has 4 heteroatoms. The SMILES string of the molecule is CNc1nc2ccccc2n1CC(=O)c1ccc(C)cc1. The summed E-state index contributed by atoms with van der Waals surface area (Å²) in [4.78, 5) is 17.0. The molecule has 0 spiro atoms. The van der Waals surface area contributed by atoms with E-state index >= 15 is 0 Å². The molecule has 0 radical (unpaired) electrons. The Balaban J connectivity index is 1.97. The highest BCUT2D eigenvalue weighted by Crippen LogP contribution is 2.20. The van der Waals surface area contributed by atoms with Gasteiger partial charge in [-0.3, -0.25) is 4.79 Å². The second kappa shape index (κ2) is 5.40. The number of imidazole rings is 1. The van der Waals surface area contributed by atoms with E-state index in [1.807, 2.05) is 67.1 Å². The fraction of sp³-hybridized carbons (Fsp3) is 0.176. The number of aryl methyl sites for hydroxylation is 1. The van der Waals surface area contributed by atoms with Crippen molar-refractivity contribution in [3.63, 3.8) is 0 Å². The van der Waals surface area contributed by atoms with Crippen molar-refractivity contribution in [2.75, 3.05) is 12.4 Å².